The Kier molecular flexibility index (Phi) is 5.24. The topological polar surface area (TPSA) is 59.1 Å². The Morgan fingerprint density at radius 2 is 1.74 bits per heavy atom. The highest BCUT2D eigenvalue weighted by molar-refractivity contribution is 7.93. The summed E-state index contributed by atoms with van der Waals surface area (Å²) in [6.07, 6.45) is 1.83. The number of likely N-dealkylation sites (tertiary alicyclic amines) is 1. The van der Waals surface area contributed by atoms with Gasteiger partial charge in [-0.3, -0.25) is 9.21 Å². The molecule has 6 nitrogen and oxygen atoms in total. The van der Waals surface area contributed by atoms with Gasteiger partial charge in [-0.05, 0) is 42.5 Å². The first kappa shape index (κ1) is 20.2. The second kappa shape index (κ2) is 8.05. The van der Waals surface area contributed by atoms with Gasteiger partial charge >= 0.3 is 0 Å². The number of benzene rings is 3. The van der Waals surface area contributed by atoms with Crippen LogP contribution in [0, 0.1) is 0 Å². The van der Waals surface area contributed by atoms with E-state index in [1.807, 2.05) is 54.6 Å². The van der Waals surface area contributed by atoms with Crippen LogP contribution in [0.4, 0.5) is 5.69 Å². The Morgan fingerprint density at radius 3 is 2.55 bits per heavy atom. The highest BCUT2D eigenvalue weighted by atomic mass is 32.2. The van der Waals surface area contributed by atoms with Gasteiger partial charge in [-0.2, -0.15) is 0 Å². The minimum absolute atomic E-state index is 0.116. The van der Waals surface area contributed by atoms with E-state index in [-0.39, 0.29) is 6.10 Å². The molecule has 2 heterocycles. The number of hydrogen-bond donors (Lipinski definition) is 0. The van der Waals surface area contributed by atoms with E-state index in [9.17, 15) is 8.42 Å². The minimum Gasteiger partial charge on any atom is -0.493 e. The lowest BCUT2D eigenvalue weighted by molar-refractivity contribution is 0.192. The summed E-state index contributed by atoms with van der Waals surface area (Å²) < 4.78 is 39.3. The highest BCUT2D eigenvalue weighted by Crippen LogP contribution is 2.42. The number of sulfonamides is 1. The Morgan fingerprint density at radius 1 is 0.968 bits per heavy atom. The molecule has 1 fully saturated rings. The monoisotopic (exact) mass is 438 g/mol. The molecule has 1 atom stereocenters. The Balaban J connectivity index is 1.20. The van der Waals surface area contributed by atoms with E-state index in [0.29, 0.717) is 11.4 Å². The molecule has 0 spiro atoms. The van der Waals surface area contributed by atoms with Crippen molar-refractivity contribution >= 4 is 26.5 Å². The van der Waals surface area contributed by atoms with Gasteiger partial charge in [0.05, 0.1) is 17.7 Å². The molecule has 1 saturated heterocycles. The van der Waals surface area contributed by atoms with Crippen molar-refractivity contribution in [3.05, 3.63) is 60.7 Å². The number of ether oxygens (including phenoxy) is 2. The lowest BCUT2D eigenvalue weighted by atomic mass is 10.1. The third-order valence-electron chi connectivity index (χ3n) is 6.11. The molecule has 31 heavy (non-hydrogen) atoms. The van der Waals surface area contributed by atoms with Gasteiger partial charge < -0.3 is 9.47 Å². The predicted molar refractivity (Wildman–Crippen MR) is 122 cm³/mol. The van der Waals surface area contributed by atoms with Crippen molar-refractivity contribution in [1.29, 1.82) is 0 Å². The number of hydrogen-bond acceptors (Lipinski definition) is 5. The van der Waals surface area contributed by atoms with E-state index < -0.39 is 10.0 Å². The van der Waals surface area contributed by atoms with Gasteiger partial charge in [0.15, 0.2) is 11.5 Å². The van der Waals surface area contributed by atoms with Crippen LogP contribution in [0.3, 0.4) is 0 Å². The first-order chi connectivity index (χ1) is 15.1. The minimum atomic E-state index is -3.48. The number of methoxy groups -OCH3 is 1. The second-order valence-corrected chi connectivity index (χ2v) is 9.87. The van der Waals surface area contributed by atoms with E-state index in [1.165, 1.54) is 0 Å². The van der Waals surface area contributed by atoms with E-state index >= 15 is 0 Å². The Bertz CT molecular complexity index is 1210. The first-order valence-corrected chi connectivity index (χ1v) is 12.1. The van der Waals surface area contributed by atoms with Crippen LogP contribution in [0.15, 0.2) is 65.6 Å². The van der Waals surface area contributed by atoms with E-state index in [2.05, 4.69) is 4.90 Å². The summed E-state index contributed by atoms with van der Waals surface area (Å²) in [6, 6.07) is 19.0. The van der Waals surface area contributed by atoms with E-state index in [0.717, 1.165) is 60.4 Å². The zero-order chi connectivity index (χ0) is 21.4. The molecule has 2 aliphatic rings. The molecule has 3 aromatic carbocycles. The van der Waals surface area contributed by atoms with Crippen LogP contribution in [-0.2, 0) is 10.0 Å². The number of para-hydroxylation sites is 2. The quantitative estimate of drug-likeness (QED) is 0.560. The molecule has 5 rings (SSSR count). The second-order valence-electron chi connectivity index (χ2n) is 8.04. The standard InChI is InChI=1S/C24H26N2O4S/c1-29-21-10-2-3-11-22(21)30-19-13-16-25(17-19)14-6-15-26-20-9-4-7-18-8-5-12-23(24(18)20)31(26,27)28/h2-5,7-12,19H,6,13-17H2,1H3. The van der Waals surface area contributed by atoms with Gasteiger partial charge in [0.25, 0.3) is 10.0 Å². The molecule has 7 heteroatoms. The molecule has 0 saturated carbocycles. The van der Waals surface area contributed by atoms with Crippen LogP contribution in [0.1, 0.15) is 12.8 Å². The lowest BCUT2D eigenvalue weighted by Gasteiger charge is -2.21. The van der Waals surface area contributed by atoms with Crippen LogP contribution < -0.4 is 13.8 Å². The van der Waals surface area contributed by atoms with Crippen molar-refractivity contribution in [3.8, 4) is 11.5 Å². The smallest absolute Gasteiger partial charge is 0.265 e. The molecule has 1 unspecified atom stereocenters. The van der Waals surface area contributed by atoms with Crippen molar-refractivity contribution in [3.63, 3.8) is 0 Å². The molecule has 0 N–H and O–H groups in total. The Hall–Kier alpha value is -2.77. The average molecular weight is 439 g/mol. The van der Waals surface area contributed by atoms with Gasteiger partial charge in [0.1, 0.15) is 6.10 Å². The zero-order valence-corrected chi connectivity index (χ0v) is 18.3. The molecule has 2 aliphatic heterocycles. The number of nitrogens with zero attached hydrogens (tertiary/aromatic N) is 2. The predicted octanol–water partition coefficient (Wildman–Crippen LogP) is 3.90. The molecule has 0 aliphatic carbocycles. The van der Waals surface area contributed by atoms with Gasteiger partial charge in [-0.1, -0.05) is 36.4 Å². The highest BCUT2D eigenvalue weighted by Gasteiger charge is 2.35. The third-order valence-corrected chi connectivity index (χ3v) is 7.96. The molecular formula is C24H26N2O4S. The van der Waals surface area contributed by atoms with Crippen LogP contribution >= 0.6 is 0 Å². The SMILES string of the molecule is COc1ccccc1OC1CCN(CCCN2c3cccc4cccc(c34)S2(=O)=O)C1. The summed E-state index contributed by atoms with van der Waals surface area (Å²) >= 11 is 0. The summed E-state index contributed by atoms with van der Waals surface area (Å²) in [5.41, 5.74) is 0.798. The molecule has 0 bridgehead atoms. The summed E-state index contributed by atoms with van der Waals surface area (Å²) in [4.78, 5) is 2.77. The zero-order valence-electron chi connectivity index (χ0n) is 17.5. The first-order valence-electron chi connectivity index (χ1n) is 10.6. The maximum absolute atomic E-state index is 13.1. The largest absolute Gasteiger partial charge is 0.493 e. The fraction of sp³-hybridized carbons (Fsp3) is 0.333. The molecular weight excluding hydrogens is 412 g/mol. The third kappa shape index (κ3) is 3.62. The van der Waals surface area contributed by atoms with Gasteiger partial charge in [-0.15, -0.1) is 0 Å². The van der Waals surface area contributed by atoms with Crippen LogP contribution in [0.5, 0.6) is 11.5 Å². The lowest BCUT2D eigenvalue weighted by Crippen LogP contribution is -2.32. The van der Waals surface area contributed by atoms with Gasteiger partial charge in [-0.25, -0.2) is 8.42 Å². The summed E-state index contributed by atoms with van der Waals surface area (Å²) in [5, 5.41) is 1.81. The van der Waals surface area contributed by atoms with Crippen LogP contribution in [0.2, 0.25) is 0 Å². The molecule has 162 valence electrons. The molecule has 0 amide bonds. The normalized spacial score (nSPS) is 19.8. The fourth-order valence-electron chi connectivity index (χ4n) is 4.63. The fourth-order valence-corrected chi connectivity index (χ4v) is 6.38. The van der Waals surface area contributed by atoms with Gasteiger partial charge in [0.2, 0.25) is 0 Å². The van der Waals surface area contributed by atoms with Crippen molar-refractivity contribution in [2.75, 3.05) is 37.6 Å². The van der Waals surface area contributed by atoms with Crippen molar-refractivity contribution < 1.29 is 17.9 Å². The van der Waals surface area contributed by atoms with Crippen molar-refractivity contribution in [2.24, 2.45) is 0 Å². The number of rotatable bonds is 7. The van der Waals surface area contributed by atoms with Gasteiger partial charge in [0, 0.05) is 31.6 Å². The summed E-state index contributed by atoms with van der Waals surface area (Å²) in [6.45, 7) is 3.10. The average Bonchev–Trinajstić information content (AvgIpc) is 3.31. The number of anilines is 1. The molecule has 0 radical (unpaired) electrons. The van der Waals surface area contributed by atoms with Crippen molar-refractivity contribution in [2.45, 2.75) is 23.8 Å². The molecule has 3 aromatic rings. The maximum Gasteiger partial charge on any atom is 0.265 e. The van der Waals surface area contributed by atoms with Crippen molar-refractivity contribution in [1.82, 2.24) is 4.90 Å². The van der Waals surface area contributed by atoms with Crippen LogP contribution in [-0.4, -0.2) is 52.7 Å². The molecule has 0 aromatic heterocycles. The summed E-state index contributed by atoms with van der Waals surface area (Å²) in [7, 11) is -1.83. The summed E-state index contributed by atoms with van der Waals surface area (Å²) in [5.74, 6) is 1.51. The van der Waals surface area contributed by atoms with E-state index in [4.69, 9.17) is 9.47 Å². The van der Waals surface area contributed by atoms with E-state index in [1.54, 1.807) is 17.5 Å². The Labute approximate surface area is 183 Å². The van der Waals surface area contributed by atoms with Crippen LogP contribution in [0.25, 0.3) is 10.8 Å². The maximum atomic E-state index is 13.1.